The lowest BCUT2D eigenvalue weighted by Gasteiger charge is -2.06. The molecule has 0 bridgehead atoms. The summed E-state index contributed by atoms with van der Waals surface area (Å²) in [5, 5.41) is 6.62. The molecule has 2 aromatic rings. The van der Waals surface area contributed by atoms with Crippen molar-refractivity contribution in [2.45, 2.75) is 18.4 Å². The maximum Gasteiger partial charge on any atom is 0.240 e. The van der Waals surface area contributed by atoms with Gasteiger partial charge in [0, 0.05) is 18.8 Å². The highest BCUT2D eigenvalue weighted by Crippen LogP contribution is 2.14. The summed E-state index contributed by atoms with van der Waals surface area (Å²) in [7, 11) is -1.77. The number of aromatic nitrogens is 1. The number of anilines is 1. The van der Waals surface area contributed by atoms with E-state index in [2.05, 4.69) is 15.2 Å². The van der Waals surface area contributed by atoms with E-state index < -0.39 is 10.0 Å². The minimum Gasteiger partial charge on any atom is -0.388 e. The Kier molecular flexibility index (Phi) is 3.87. The van der Waals surface area contributed by atoms with E-state index in [1.165, 1.54) is 0 Å². The van der Waals surface area contributed by atoms with E-state index >= 15 is 0 Å². The molecule has 0 saturated carbocycles. The Labute approximate surface area is 111 Å². The molecule has 0 aliphatic heterocycles. The average molecular weight is 281 g/mol. The van der Waals surface area contributed by atoms with E-state index in [-0.39, 0.29) is 11.4 Å². The minimum atomic E-state index is -3.54. The molecule has 2 N–H and O–H groups in total. The first-order chi connectivity index (χ1) is 9.01. The summed E-state index contributed by atoms with van der Waals surface area (Å²) in [6, 6.07) is 8.17. The molecular weight excluding hydrogens is 266 g/mol. The maximum absolute atomic E-state index is 12.0. The highest BCUT2D eigenvalue weighted by molar-refractivity contribution is 7.89. The van der Waals surface area contributed by atoms with E-state index in [0.29, 0.717) is 11.5 Å². The summed E-state index contributed by atoms with van der Waals surface area (Å²) in [5.41, 5.74) is 1.57. The van der Waals surface area contributed by atoms with Crippen LogP contribution in [-0.4, -0.2) is 20.6 Å². The van der Waals surface area contributed by atoms with Gasteiger partial charge in [0.15, 0.2) is 5.76 Å². The Hall–Kier alpha value is -1.86. The number of hydrogen-bond donors (Lipinski definition) is 2. The lowest BCUT2D eigenvalue weighted by molar-refractivity contribution is 0.377. The second kappa shape index (κ2) is 5.41. The fourth-order valence-electron chi connectivity index (χ4n) is 1.55. The van der Waals surface area contributed by atoms with Gasteiger partial charge in [0.2, 0.25) is 10.0 Å². The highest BCUT2D eigenvalue weighted by atomic mass is 32.2. The van der Waals surface area contributed by atoms with E-state index in [0.717, 1.165) is 5.69 Å². The SMILES string of the molecule is CNc1ccc(S(=O)(=O)NCc2cc(C)no2)cc1. The van der Waals surface area contributed by atoms with Crippen LogP contribution in [0.15, 0.2) is 39.8 Å². The van der Waals surface area contributed by atoms with Crippen LogP contribution in [0.3, 0.4) is 0 Å². The average Bonchev–Trinajstić information content (AvgIpc) is 2.82. The Morgan fingerprint density at radius 1 is 1.26 bits per heavy atom. The lowest BCUT2D eigenvalue weighted by Crippen LogP contribution is -2.22. The zero-order valence-electron chi connectivity index (χ0n) is 10.7. The number of aryl methyl sites for hydroxylation is 1. The number of nitrogens with zero attached hydrogens (tertiary/aromatic N) is 1. The van der Waals surface area contributed by atoms with Gasteiger partial charge in [-0.05, 0) is 31.2 Å². The number of nitrogens with one attached hydrogen (secondary N) is 2. The van der Waals surface area contributed by atoms with E-state index in [1.807, 2.05) is 0 Å². The molecule has 0 fully saturated rings. The summed E-state index contributed by atoms with van der Waals surface area (Å²) in [4.78, 5) is 0.211. The quantitative estimate of drug-likeness (QED) is 0.867. The minimum absolute atomic E-state index is 0.0803. The molecule has 0 aliphatic rings. The maximum atomic E-state index is 12.0. The molecule has 102 valence electrons. The predicted molar refractivity (Wildman–Crippen MR) is 71.3 cm³/mol. The number of benzene rings is 1. The van der Waals surface area contributed by atoms with Gasteiger partial charge >= 0.3 is 0 Å². The smallest absolute Gasteiger partial charge is 0.240 e. The summed E-state index contributed by atoms with van der Waals surface area (Å²) in [5.74, 6) is 0.480. The molecule has 1 aromatic carbocycles. The molecule has 0 amide bonds. The van der Waals surface area contributed by atoms with Crippen molar-refractivity contribution >= 4 is 15.7 Å². The van der Waals surface area contributed by atoms with Crippen LogP contribution in [0.5, 0.6) is 0 Å². The topological polar surface area (TPSA) is 84.2 Å². The van der Waals surface area contributed by atoms with Crippen LogP contribution in [0, 0.1) is 6.92 Å². The summed E-state index contributed by atoms with van der Waals surface area (Å²) < 4.78 is 31.4. The van der Waals surface area contributed by atoms with Crippen LogP contribution in [0.1, 0.15) is 11.5 Å². The van der Waals surface area contributed by atoms with E-state index in [1.54, 1.807) is 44.3 Å². The Morgan fingerprint density at radius 2 is 1.95 bits per heavy atom. The van der Waals surface area contributed by atoms with Crippen LogP contribution in [-0.2, 0) is 16.6 Å². The Bertz CT molecular complexity index is 647. The summed E-state index contributed by atoms with van der Waals surface area (Å²) >= 11 is 0. The number of hydrogen-bond acceptors (Lipinski definition) is 5. The predicted octanol–water partition coefficient (Wildman–Crippen LogP) is 1.50. The van der Waals surface area contributed by atoms with Gasteiger partial charge < -0.3 is 9.84 Å². The first-order valence-electron chi connectivity index (χ1n) is 5.71. The van der Waals surface area contributed by atoms with Crippen molar-refractivity contribution in [1.82, 2.24) is 9.88 Å². The molecule has 7 heteroatoms. The molecule has 0 atom stereocenters. The molecule has 19 heavy (non-hydrogen) atoms. The van der Waals surface area contributed by atoms with Gasteiger partial charge in [-0.3, -0.25) is 0 Å². The van der Waals surface area contributed by atoms with Crippen molar-refractivity contribution in [2.75, 3.05) is 12.4 Å². The summed E-state index contributed by atoms with van der Waals surface area (Å²) in [6.07, 6.45) is 0. The van der Waals surface area contributed by atoms with Gasteiger partial charge in [0.25, 0.3) is 0 Å². The van der Waals surface area contributed by atoms with Crippen molar-refractivity contribution in [3.63, 3.8) is 0 Å². The third-order valence-corrected chi connectivity index (χ3v) is 3.98. The molecule has 0 unspecified atom stereocenters. The zero-order valence-corrected chi connectivity index (χ0v) is 11.5. The van der Waals surface area contributed by atoms with Crippen LogP contribution in [0.2, 0.25) is 0 Å². The highest BCUT2D eigenvalue weighted by Gasteiger charge is 2.14. The van der Waals surface area contributed by atoms with Crippen molar-refractivity contribution in [3.05, 3.63) is 41.8 Å². The van der Waals surface area contributed by atoms with E-state index in [4.69, 9.17) is 4.52 Å². The molecule has 2 rings (SSSR count). The molecule has 0 aliphatic carbocycles. The Balaban J connectivity index is 2.09. The van der Waals surface area contributed by atoms with Crippen LogP contribution in [0.25, 0.3) is 0 Å². The second-order valence-corrected chi connectivity index (χ2v) is 5.80. The van der Waals surface area contributed by atoms with Gasteiger partial charge in [-0.1, -0.05) is 5.16 Å². The third kappa shape index (κ3) is 3.33. The number of rotatable bonds is 5. The third-order valence-electron chi connectivity index (χ3n) is 2.57. The van der Waals surface area contributed by atoms with Crippen molar-refractivity contribution in [2.24, 2.45) is 0 Å². The van der Waals surface area contributed by atoms with Gasteiger partial charge in [0.05, 0.1) is 17.1 Å². The van der Waals surface area contributed by atoms with Crippen LogP contribution < -0.4 is 10.0 Å². The molecule has 6 nitrogen and oxygen atoms in total. The Morgan fingerprint density at radius 3 is 2.47 bits per heavy atom. The molecule has 1 aromatic heterocycles. The molecule has 0 radical (unpaired) electrons. The fourth-order valence-corrected chi connectivity index (χ4v) is 2.54. The van der Waals surface area contributed by atoms with Crippen molar-refractivity contribution in [3.8, 4) is 0 Å². The van der Waals surface area contributed by atoms with Crippen LogP contribution >= 0.6 is 0 Å². The normalized spacial score (nSPS) is 11.5. The molecule has 1 heterocycles. The largest absolute Gasteiger partial charge is 0.388 e. The van der Waals surface area contributed by atoms with E-state index in [9.17, 15) is 8.42 Å². The summed E-state index contributed by atoms with van der Waals surface area (Å²) in [6.45, 7) is 1.86. The standard InChI is InChI=1S/C12H15N3O3S/c1-9-7-11(18-15-9)8-14-19(16,17)12-5-3-10(13-2)4-6-12/h3-7,13-14H,8H2,1-2H3. The first-order valence-corrected chi connectivity index (χ1v) is 7.19. The monoisotopic (exact) mass is 281 g/mol. The first kappa shape index (κ1) is 13.6. The van der Waals surface area contributed by atoms with Crippen molar-refractivity contribution < 1.29 is 12.9 Å². The van der Waals surface area contributed by atoms with Crippen molar-refractivity contribution in [1.29, 1.82) is 0 Å². The lowest BCUT2D eigenvalue weighted by atomic mass is 10.3. The number of sulfonamides is 1. The van der Waals surface area contributed by atoms with Gasteiger partial charge in [-0.15, -0.1) is 0 Å². The van der Waals surface area contributed by atoms with Gasteiger partial charge in [-0.2, -0.15) is 0 Å². The molecular formula is C12H15N3O3S. The molecule has 0 spiro atoms. The fraction of sp³-hybridized carbons (Fsp3) is 0.250. The second-order valence-electron chi connectivity index (χ2n) is 4.03. The molecule has 0 saturated heterocycles. The van der Waals surface area contributed by atoms with Crippen LogP contribution in [0.4, 0.5) is 5.69 Å². The van der Waals surface area contributed by atoms with Gasteiger partial charge in [0.1, 0.15) is 0 Å². The van der Waals surface area contributed by atoms with Gasteiger partial charge in [-0.25, -0.2) is 13.1 Å². The zero-order chi connectivity index (χ0) is 13.9.